The van der Waals surface area contributed by atoms with Gasteiger partial charge in [-0.05, 0) is 43.4 Å². The number of piperazine rings is 1. The van der Waals surface area contributed by atoms with Gasteiger partial charge in [-0.1, -0.05) is 6.07 Å². The predicted octanol–water partition coefficient (Wildman–Crippen LogP) is 4.51. The van der Waals surface area contributed by atoms with Crippen molar-refractivity contribution in [2.75, 3.05) is 55.9 Å². The van der Waals surface area contributed by atoms with E-state index in [9.17, 15) is 0 Å². The second-order valence-electron chi connectivity index (χ2n) is 8.37. The molecule has 0 radical (unpaired) electrons. The fourth-order valence-corrected chi connectivity index (χ4v) is 4.08. The van der Waals surface area contributed by atoms with Gasteiger partial charge in [0.2, 0.25) is 0 Å². The zero-order chi connectivity index (χ0) is 23.3. The highest BCUT2D eigenvalue weighted by Crippen LogP contribution is 2.32. The number of benzene rings is 2. The molecule has 174 valence electrons. The van der Waals surface area contributed by atoms with E-state index >= 15 is 0 Å². The van der Waals surface area contributed by atoms with Crippen LogP contribution < -0.4 is 20.3 Å². The third-order valence-electron chi connectivity index (χ3n) is 6.01. The fraction of sp³-hybridized carbons (Fsp3) is 0.231. The first kappa shape index (κ1) is 21.8. The van der Waals surface area contributed by atoms with Crippen molar-refractivity contribution in [2.45, 2.75) is 0 Å². The monoisotopic (exact) mass is 455 g/mol. The van der Waals surface area contributed by atoms with E-state index in [2.05, 4.69) is 61.7 Å². The van der Waals surface area contributed by atoms with E-state index < -0.39 is 0 Å². The van der Waals surface area contributed by atoms with Gasteiger partial charge >= 0.3 is 0 Å². The molecule has 2 N–H and O–H groups in total. The first-order valence-electron chi connectivity index (χ1n) is 11.4. The van der Waals surface area contributed by atoms with Gasteiger partial charge in [0, 0.05) is 79.7 Å². The molecule has 34 heavy (non-hydrogen) atoms. The summed E-state index contributed by atoms with van der Waals surface area (Å²) in [6.07, 6.45) is 7.27. The Kier molecular flexibility index (Phi) is 6.31. The number of ether oxygens (including phenoxy) is 1. The van der Waals surface area contributed by atoms with Gasteiger partial charge in [-0.15, -0.1) is 0 Å². The van der Waals surface area contributed by atoms with Crippen LogP contribution in [-0.2, 0) is 0 Å². The molecule has 4 aromatic rings. The van der Waals surface area contributed by atoms with E-state index in [1.807, 2.05) is 41.1 Å². The quantitative estimate of drug-likeness (QED) is 0.425. The van der Waals surface area contributed by atoms with E-state index in [1.165, 1.54) is 5.69 Å². The molecule has 1 saturated heterocycles. The van der Waals surface area contributed by atoms with E-state index in [0.29, 0.717) is 0 Å². The highest BCUT2D eigenvalue weighted by Gasteiger charge is 2.16. The Morgan fingerprint density at radius 3 is 2.50 bits per heavy atom. The number of anilines is 5. The summed E-state index contributed by atoms with van der Waals surface area (Å²) in [5, 5.41) is 6.87. The molecule has 5 rings (SSSR count). The SMILES string of the molecule is COc1cc(N2CCN(C)CC2)ccc1Nc1cc(Nc2cccc(-n3ccnc3)c2)ccn1. The second kappa shape index (κ2) is 9.84. The Morgan fingerprint density at radius 2 is 1.71 bits per heavy atom. The number of nitrogens with one attached hydrogen (secondary N) is 2. The molecule has 1 aliphatic heterocycles. The first-order chi connectivity index (χ1) is 16.7. The molecule has 2 aromatic carbocycles. The number of aromatic nitrogens is 3. The van der Waals surface area contributed by atoms with Crippen molar-refractivity contribution < 1.29 is 4.74 Å². The van der Waals surface area contributed by atoms with Crippen LogP contribution in [0.3, 0.4) is 0 Å². The topological polar surface area (TPSA) is 70.5 Å². The minimum Gasteiger partial charge on any atom is -0.494 e. The predicted molar refractivity (Wildman–Crippen MR) is 137 cm³/mol. The summed E-state index contributed by atoms with van der Waals surface area (Å²) in [6, 6.07) is 18.4. The van der Waals surface area contributed by atoms with Crippen LogP contribution in [-0.4, -0.2) is 59.8 Å². The maximum Gasteiger partial charge on any atom is 0.144 e. The first-order valence-corrected chi connectivity index (χ1v) is 11.4. The highest BCUT2D eigenvalue weighted by molar-refractivity contribution is 5.71. The van der Waals surface area contributed by atoms with Crippen LogP contribution in [0.5, 0.6) is 5.75 Å². The summed E-state index contributed by atoms with van der Waals surface area (Å²) in [6.45, 7) is 4.17. The Bertz CT molecular complexity index is 1230. The van der Waals surface area contributed by atoms with Gasteiger partial charge in [-0.2, -0.15) is 0 Å². The lowest BCUT2D eigenvalue weighted by Crippen LogP contribution is -2.44. The molecule has 0 spiro atoms. The van der Waals surface area contributed by atoms with Gasteiger partial charge in [-0.3, -0.25) is 0 Å². The Labute approximate surface area is 199 Å². The number of methoxy groups -OCH3 is 1. The Morgan fingerprint density at radius 1 is 0.853 bits per heavy atom. The Balaban J connectivity index is 1.31. The lowest BCUT2D eigenvalue weighted by molar-refractivity contribution is 0.312. The number of pyridine rings is 1. The van der Waals surface area contributed by atoms with Crippen LogP contribution in [0.15, 0.2) is 79.5 Å². The summed E-state index contributed by atoms with van der Waals surface area (Å²) in [7, 11) is 3.87. The van der Waals surface area contributed by atoms with Gasteiger partial charge in [0.25, 0.3) is 0 Å². The van der Waals surface area contributed by atoms with Crippen LogP contribution >= 0.6 is 0 Å². The van der Waals surface area contributed by atoms with Crippen molar-refractivity contribution in [3.8, 4) is 11.4 Å². The second-order valence-corrected chi connectivity index (χ2v) is 8.37. The molecule has 3 heterocycles. The zero-order valence-corrected chi connectivity index (χ0v) is 19.5. The van der Waals surface area contributed by atoms with Crippen LogP contribution in [0.2, 0.25) is 0 Å². The zero-order valence-electron chi connectivity index (χ0n) is 19.5. The van der Waals surface area contributed by atoms with E-state index in [4.69, 9.17) is 4.74 Å². The van der Waals surface area contributed by atoms with Crippen molar-refractivity contribution in [3.63, 3.8) is 0 Å². The fourth-order valence-electron chi connectivity index (χ4n) is 4.08. The molecule has 1 aliphatic rings. The van der Waals surface area contributed by atoms with Crippen LogP contribution in [0.1, 0.15) is 0 Å². The molecular formula is C26H29N7O. The van der Waals surface area contributed by atoms with Crippen LogP contribution in [0.25, 0.3) is 5.69 Å². The number of rotatable bonds is 7. The average Bonchev–Trinajstić information content (AvgIpc) is 3.41. The summed E-state index contributed by atoms with van der Waals surface area (Å²) < 4.78 is 7.67. The number of likely N-dealkylation sites (N-methyl/N-ethyl adjacent to an activating group) is 1. The largest absolute Gasteiger partial charge is 0.494 e. The standard InChI is InChI=1S/C26H29N7O/c1-31-12-14-32(15-13-31)23-6-7-24(25(18-23)34-2)30-26-17-21(8-9-28-26)29-20-4-3-5-22(16-20)33-11-10-27-19-33/h3-11,16-19H,12-15H2,1-2H3,(H2,28,29,30). The lowest BCUT2D eigenvalue weighted by atomic mass is 10.2. The molecule has 0 bridgehead atoms. The average molecular weight is 456 g/mol. The van der Waals surface area contributed by atoms with Crippen molar-refractivity contribution in [1.29, 1.82) is 0 Å². The summed E-state index contributed by atoms with van der Waals surface area (Å²) in [5.41, 5.74) is 5.02. The van der Waals surface area contributed by atoms with Crippen molar-refractivity contribution in [2.24, 2.45) is 0 Å². The van der Waals surface area contributed by atoms with Crippen LogP contribution in [0.4, 0.5) is 28.6 Å². The maximum atomic E-state index is 5.69. The molecule has 8 heteroatoms. The van der Waals surface area contributed by atoms with Crippen molar-refractivity contribution in [3.05, 3.63) is 79.5 Å². The van der Waals surface area contributed by atoms with E-state index in [-0.39, 0.29) is 0 Å². The Hall–Kier alpha value is -4.04. The number of imidazole rings is 1. The number of hydrogen-bond donors (Lipinski definition) is 2. The third-order valence-corrected chi connectivity index (χ3v) is 6.01. The normalized spacial score (nSPS) is 14.1. The van der Waals surface area contributed by atoms with Crippen molar-refractivity contribution >= 4 is 28.6 Å². The van der Waals surface area contributed by atoms with Gasteiger partial charge in [-0.25, -0.2) is 9.97 Å². The summed E-state index contributed by atoms with van der Waals surface area (Å²) in [5.74, 6) is 1.53. The molecule has 0 amide bonds. The molecule has 0 atom stereocenters. The molecule has 0 aliphatic carbocycles. The van der Waals surface area contributed by atoms with Crippen LogP contribution in [0, 0.1) is 0 Å². The smallest absolute Gasteiger partial charge is 0.144 e. The van der Waals surface area contributed by atoms with Gasteiger partial charge in [0.05, 0.1) is 19.1 Å². The van der Waals surface area contributed by atoms with E-state index in [1.54, 1.807) is 25.8 Å². The molecule has 0 saturated carbocycles. The minimum atomic E-state index is 0.737. The maximum absolute atomic E-state index is 5.69. The minimum absolute atomic E-state index is 0.737. The van der Waals surface area contributed by atoms with Gasteiger partial charge < -0.3 is 29.7 Å². The lowest BCUT2D eigenvalue weighted by Gasteiger charge is -2.34. The number of nitrogens with zero attached hydrogens (tertiary/aromatic N) is 5. The molecule has 0 unspecified atom stereocenters. The molecule has 8 nitrogen and oxygen atoms in total. The molecule has 1 fully saturated rings. The summed E-state index contributed by atoms with van der Waals surface area (Å²) in [4.78, 5) is 13.4. The third kappa shape index (κ3) is 4.97. The van der Waals surface area contributed by atoms with E-state index in [0.717, 1.165) is 60.5 Å². The molecular weight excluding hydrogens is 426 g/mol. The van der Waals surface area contributed by atoms with Crippen molar-refractivity contribution in [1.82, 2.24) is 19.4 Å². The van der Waals surface area contributed by atoms with Gasteiger partial charge in [0.15, 0.2) is 0 Å². The number of hydrogen-bond acceptors (Lipinski definition) is 7. The van der Waals surface area contributed by atoms with Gasteiger partial charge in [0.1, 0.15) is 11.6 Å². The highest BCUT2D eigenvalue weighted by atomic mass is 16.5. The summed E-state index contributed by atoms with van der Waals surface area (Å²) >= 11 is 0. The molecule has 2 aromatic heterocycles.